The van der Waals surface area contributed by atoms with E-state index in [1.54, 1.807) is 43.9 Å². The van der Waals surface area contributed by atoms with E-state index in [9.17, 15) is 19.5 Å². The summed E-state index contributed by atoms with van der Waals surface area (Å²) in [5, 5.41) is 16.0. The SMILES string of the molecule is CCCCCCCN(C(=O)C(NC(=O)OC(C)(C)C)C(C)CC)C(C(=O)NCCCC)c1cccc(O)c1. The van der Waals surface area contributed by atoms with Crippen LogP contribution >= 0.6 is 0 Å². The zero-order chi connectivity index (χ0) is 28.7. The van der Waals surface area contributed by atoms with E-state index in [1.807, 2.05) is 20.8 Å². The maximum absolute atomic E-state index is 14.2. The van der Waals surface area contributed by atoms with Gasteiger partial charge in [-0.05, 0) is 57.2 Å². The first kappa shape index (κ1) is 33.3. The summed E-state index contributed by atoms with van der Waals surface area (Å²) in [6.45, 7) is 14.2. The Morgan fingerprint density at radius 2 is 1.66 bits per heavy atom. The molecule has 1 aromatic carbocycles. The highest BCUT2D eigenvalue weighted by Crippen LogP contribution is 2.27. The Labute approximate surface area is 229 Å². The number of carbonyl (C=O) groups excluding carboxylic acids is 3. The van der Waals surface area contributed by atoms with Crippen molar-refractivity contribution >= 4 is 17.9 Å². The number of nitrogens with zero attached hydrogens (tertiary/aromatic N) is 1. The second kappa shape index (κ2) is 16.9. The predicted molar refractivity (Wildman–Crippen MR) is 152 cm³/mol. The van der Waals surface area contributed by atoms with Gasteiger partial charge < -0.3 is 25.4 Å². The number of ether oxygens (including phenoxy) is 1. The molecule has 3 N–H and O–H groups in total. The Kier molecular flexibility index (Phi) is 14.8. The first-order chi connectivity index (χ1) is 17.9. The lowest BCUT2D eigenvalue weighted by Crippen LogP contribution is -2.55. The molecule has 0 radical (unpaired) electrons. The van der Waals surface area contributed by atoms with E-state index in [0.717, 1.165) is 44.9 Å². The number of amides is 3. The molecule has 38 heavy (non-hydrogen) atoms. The Morgan fingerprint density at radius 3 is 2.24 bits per heavy atom. The van der Waals surface area contributed by atoms with Crippen LogP contribution in [0.25, 0.3) is 0 Å². The Balaban J connectivity index is 3.45. The Bertz CT molecular complexity index is 868. The van der Waals surface area contributed by atoms with Crippen molar-refractivity contribution < 1.29 is 24.2 Å². The number of phenols is 1. The summed E-state index contributed by atoms with van der Waals surface area (Å²) in [4.78, 5) is 42.1. The minimum absolute atomic E-state index is 0.0227. The van der Waals surface area contributed by atoms with Crippen LogP contribution in [-0.2, 0) is 14.3 Å². The summed E-state index contributed by atoms with van der Waals surface area (Å²) in [6.07, 6.45) is 6.63. The normalized spacial score (nSPS) is 13.8. The molecule has 0 saturated heterocycles. The van der Waals surface area contributed by atoms with Gasteiger partial charge in [0.05, 0.1) is 0 Å². The Hall–Kier alpha value is -2.77. The summed E-state index contributed by atoms with van der Waals surface area (Å²) in [5.41, 5.74) is -0.184. The van der Waals surface area contributed by atoms with Crippen molar-refractivity contribution in [2.24, 2.45) is 5.92 Å². The standard InChI is InChI=1S/C30H51N3O5/c1-8-11-13-14-15-20-33(28(36)25(22(4)10-3)32-29(37)38-30(5,6)7)26(27(35)31-19-12-9-2)23-17-16-18-24(34)21-23/h16-18,21-22,25-26,34H,8-15,19-20H2,1-7H3,(H,31,35)(H,32,37). The summed E-state index contributed by atoms with van der Waals surface area (Å²) in [6, 6.07) is 4.69. The number of hydrogen-bond acceptors (Lipinski definition) is 5. The van der Waals surface area contributed by atoms with Crippen molar-refractivity contribution in [1.82, 2.24) is 15.5 Å². The fraction of sp³-hybridized carbons (Fsp3) is 0.700. The zero-order valence-corrected chi connectivity index (χ0v) is 24.6. The summed E-state index contributed by atoms with van der Waals surface area (Å²) in [7, 11) is 0. The van der Waals surface area contributed by atoms with Crippen LogP contribution in [0, 0.1) is 5.92 Å². The van der Waals surface area contributed by atoms with Gasteiger partial charge in [0, 0.05) is 13.1 Å². The molecule has 8 nitrogen and oxygen atoms in total. The second-order valence-electron chi connectivity index (χ2n) is 11.1. The van der Waals surface area contributed by atoms with Crippen LogP contribution < -0.4 is 10.6 Å². The lowest BCUT2D eigenvalue weighted by molar-refractivity contribution is -0.143. The quantitative estimate of drug-likeness (QED) is 0.223. The molecule has 0 aromatic heterocycles. The zero-order valence-electron chi connectivity index (χ0n) is 24.6. The van der Waals surface area contributed by atoms with Gasteiger partial charge in [-0.1, -0.05) is 78.4 Å². The van der Waals surface area contributed by atoms with E-state index in [4.69, 9.17) is 4.74 Å². The first-order valence-corrected chi connectivity index (χ1v) is 14.3. The largest absolute Gasteiger partial charge is 0.508 e. The molecule has 8 heteroatoms. The van der Waals surface area contributed by atoms with Gasteiger partial charge in [-0.2, -0.15) is 0 Å². The van der Waals surface area contributed by atoms with Crippen LogP contribution in [0.5, 0.6) is 5.75 Å². The summed E-state index contributed by atoms with van der Waals surface area (Å²) < 4.78 is 5.46. The molecule has 0 aliphatic carbocycles. The number of alkyl carbamates (subject to hydrolysis) is 1. The van der Waals surface area contributed by atoms with Crippen LogP contribution in [0.15, 0.2) is 24.3 Å². The third kappa shape index (κ3) is 11.7. The van der Waals surface area contributed by atoms with Gasteiger partial charge in [0.15, 0.2) is 0 Å². The van der Waals surface area contributed by atoms with Crippen molar-refractivity contribution in [3.8, 4) is 5.75 Å². The number of hydrogen-bond donors (Lipinski definition) is 3. The summed E-state index contributed by atoms with van der Waals surface area (Å²) in [5.74, 6) is -0.800. The monoisotopic (exact) mass is 533 g/mol. The topological polar surface area (TPSA) is 108 Å². The Morgan fingerprint density at radius 1 is 1.00 bits per heavy atom. The van der Waals surface area contributed by atoms with Gasteiger partial charge in [-0.25, -0.2) is 4.79 Å². The number of carbonyl (C=O) groups is 3. The van der Waals surface area contributed by atoms with Crippen LogP contribution in [0.4, 0.5) is 4.79 Å². The van der Waals surface area contributed by atoms with Gasteiger partial charge in [0.1, 0.15) is 23.4 Å². The van der Waals surface area contributed by atoms with E-state index in [-0.39, 0.29) is 23.5 Å². The number of unbranched alkanes of at least 4 members (excludes halogenated alkanes) is 5. The molecule has 0 heterocycles. The first-order valence-electron chi connectivity index (χ1n) is 14.3. The van der Waals surface area contributed by atoms with Gasteiger partial charge >= 0.3 is 6.09 Å². The van der Waals surface area contributed by atoms with E-state index < -0.39 is 23.8 Å². The third-order valence-corrected chi connectivity index (χ3v) is 6.51. The molecule has 0 fully saturated rings. The molecule has 0 aliphatic rings. The fourth-order valence-corrected chi connectivity index (χ4v) is 4.20. The highest BCUT2D eigenvalue weighted by molar-refractivity contribution is 5.92. The molecule has 1 aromatic rings. The maximum atomic E-state index is 14.2. The summed E-state index contributed by atoms with van der Waals surface area (Å²) >= 11 is 0. The molecular formula is C30H51N3O5. The van der Waals surface area contributed by atoms with E-state index in [2.05, 4.69) is 17.6 Å². The average molecular weight is 534 g/mol. The molecule has 3 amide bonds. The molecule has 0 spiro atoms. The minimum atomic E-state index is -0.940. The van der Waals surface area contributed by atoms with Crippen LogP contribution in [-0.4, -0.2) is 52.6 Å². The second-order valence-corrected chi connectivity index (χ2v) is 11.1. The molecule has 0 saturated carbocycles. The highest BCUT2D eigenvalue weighted by atomic mass is 16.6. The van der Waals surface area contributed by atoms with Crippen molar-refractivity contribution in [1.29, 1.82) is 0 Å². The lowest BCUT2D eigenvalue weighted by Gasteiger charge is -2.36. The smallest absolute Gasteiger partial charge is 0.408 e. The number of phenolic OH excluding ortho intramolecular Hbond substituents is 1. The number of aromatic hydroxyl groups is 1. The van der Waals surface area contributed by atoms with Gasteiger partial charge in [-0.3, -0.25) is 9.59 Å². The molecular weight excluding hydrogens is 482 g/mol. The molecule has 1 rings (SSSR count). The molecule has 0 aliphatic heterocycles. The van der Waals surface area contributed by atoms with Gasteiger partial charge in [0.2, 0.25) is 11.8 Å². The molecule has 3 unspecified atom stereocenters. The maximum Gasteiger partial charge on any atom is 0.408 e. The van der Waals surface area contributed by atoms with Crippen molar-refractivity contribution in [3.05, 3.63) is 29.8 Å². The van der Waals surface area contributed by atoms with Crippen LogP contribution in [0.3, 0.4) is 0 Å². The lowest BCUT2D eigenvalue weighted by atomic mass is 9.95. The number of nitrogens with one attached hydrogen (secondary N) is 2. The van der Waals surface area contributed by atoms with E-state index >= 15 is 0 Å². The average Bonchev–Trinajstić information content (AvgIpc) is 2.84. The fourth-order valence-electron chi connectivity index (χ4n) is 4.20. The molecule has 216 valence electrons. The van der Waals surface area contributed by atoms with Crippen LogP contribution in [0.2, 0.25) is 0 Å². The van der Waals surface area contributed by atoms with Crippen molar-refractivity contribution in [2.45, 2.75) is 118 Å². The number of benzene rings is 1. The van der Waals surface area contributed by atoms with Crippen molar-refractivity contribution in [2.75, 3.05) is 13.1 Å². The molecule has 0 bridgehead atoms. The number of rotatable bonds is 16. The third-order valence-electron chi connectivity index (χ3n) is 6.51. The minimum Gasteiger partial charge on any atom is -0.508 e. The highest BCUT2D eigenvalue weighted by Gasteiger charge is 2.38. The van der Waals surface area contributed by atoms with Crippen LogP contribution in [0.1, 0.15) is 111 Å². The predicted octanol–water partition coefficient (Wildman–Crippen LogP) is 6.09. The van der Waals surface area contributed by atoms with Gasteiger partial charge in [0.25, 0.3) is 0 Å². The van der Waals surface area contributed by atoms with E-state index in [1.165, 1.54) is 6.07 Å². The molecule has 3 atom stereocenters. The van der Waals surface area contributed by atoms with E-state index in [0.29, 0.717) is 25.1 Å². The van der Waals surface area contributed by atoms with Gasteiger partial charge in [-0.15, -0.1) is 0 Å². The van der Waals surface area contributed by atoms with Crippen molar-refractivity contribution in [3.63, 3.8) is 0 Å².